The summed E-state index contributed by atoms with van der Waals surface area (Å²) in [6.45, 7) is 4.10. The van der Waals surface area contributed by atoms with Gasteiger partial charge < -0.3 is 10.6 Å². The average molecular weight is 352 g/mol. The van der Waals surface area contributed by atoms with Crippen LogP contribution in [0.3, 0.4) is 0 Å². The molecule has 134 valence electrons. The highest BCUT2D eigenvalue weighted by Crippen LogP contribution is 2.34. The van der Waals surface area contributed by atoms with E-state index in [4.69, 9.17) is 0 Å². The molecule has 1 aliphatic rings. The second-order valence-electron chi connectivity index (χ2n) is 7.29. The number of nitrogens with one attached hydrogen (secondary N) is 2. The highest BCUT2D eigenvalue weighted by atomic mass is 19.1. The zero-order chi connectivity index (χ0) is 18.7. The Kier molecular flexibility index (Phi) is 4.89. The number of para-hydroxylation sites is 1. The molecule has 0 heterocycles. The number of benzene rings is 2. The summed E-state index contributed by atoms with van der Waals surface area (Å²) >= 11 is 0. The molecule has 0 saturated carbocycles. The van der Waals surface area contributed by atoms with Gasteiger partial charge in [0.2, 0.25) is 0 Å². The molecule has 0 atom stereocenters. The molecule has 0 unspecified atom stereocenters. The van der Waals surface area contributed by atoms with Crippen LogP contribution in [0.1, 0.15) is 37.0 Å². The maximum atomic E-state index is 13.0. The van der Waals surface area contributed by atoms with Gasteiger partial charge in [-0.15, -0.1) is 0 Å². The molecule has 0 aliphatic heterocycles. The first-order valence-electron chi connectivity index (χ1n) is 8.49. The zero-order valence-corrected chi connectivity index (χ0v) is 14.8. The largest absolute Gasteiger partial charge is 0.358 e. The molecule has 0 spiro atoms. The summed E-state index contributed by atoms with van der Waals surface area (Å²) in [5.41, 5.74) is 2.28. The summed E-state index contributed by atoms with van der Waals surface area (Å²) in [5, 5.41) is 5.99. The van der Waals surface area contributed by atoms with Gasteiger partial charge in [-0.3, -0.25) is 9.59 Å². The molecule has 4 nitrogen and oxygen atoms in total. The smallest absolute Gasteiger partial charge is 0.257 e. The number of rotatable bonds is 4. The Hall–Kier alpha value is -2.95. The Morgan fingerprint density at radius 2 is 1.73 bits per heavy atom. The lowest BCUT2D eigenvalue weighted by molar-refractivity contribution is -0.117. The van der Waals surface area contributed by atoms with E-state index in [1.54, 1.807) is 24.3 Å². The van der Waals surface area contributed by atoms with Crippen molar-refractivity contribution in [1.29, 1.82) is 0 Å². The fourth-order valence-electron chi connectivity index (χ4n) is 3.12. The van der Waals surface area contributed by atoms with Crippen LogP contribution in [0.4, 0.5) is 15.8 Å². The molecule has 26 heavy (non-hydrogen) atoms. The molecule has 3 rings (SSSR count). The van der Waals surface area contributed by atoms with Crippen molar-refractivity contribution in [3.8, 4) is 0 Å². The van der Waals surface area contributed by atoms with Crippen LogP contribution in [0.15, 0.2) is 60.3 Å². The van der Waals surface area contributed by atoms with Crippen LogP contribution in [0.5, 0.6) is 0 Å². The highest BCUT2D eigenvalue weighted by Gasteiger charge is 2.28. The van der Waals surface area contributed by atoms with E-state index in [1.807, 2.05) is 19.9 Å². The molecule has 0 saturated heterocycles. The van der Waals surface area contributed by atoms with E-state index in [0.29, 0.717) is 23.4 Å². The third kappa shape index (κ3) is 4.36. The number of hydrogen-bond donors (Lipinski definition) is 2. The minimum Gasteiger partial charge on any atom is -0.358 e. The first-order chi connectivity index (χ1) is 12.3. The van der Waals surface area contributed by atoms with Crippen molar-refractivity contribution < 1.29 is 14.0 Å². The van der Waals surface area contributed by atoms with Crippen LogP contribution < -0.4 is 10.6 Å². The van der Waals surface area contributed by atoms with Crippen molar-refractivity contribution in [3.63, 3.8) is 0 Å². The maximum Gasteiger partial charge on any atom is 0.257 e. The molecule has 0 radical (unpaired) electrons. The summed E-state index contributed by atoms with van der Waals surface area (Å²) in [4.78, 5) is 24.6. The number of ketones is 1. The van der Waals surface area contributed by atoms with Gasteiger partial charge in [0.15, 0.2) is 5.78 Å². The monoisotopic (exact) mass is 352 g/mol. The lowest BCUT2D eigenvalue weighted by atomic mass is 9.79. The predicted molar refractivity (Wildman–Crippen MR) is 101 cm³/mol. The molecule has 0 fully saturated rings. The van der Waals surface area contributed by atoms with Crippen LogP contribution in [0.25, 0.3) is 0 Å². The molecule has 2 N–H and O–H groups in total. The Balaban J connectivity index is 1.81. The fourth-order valence-corrected chi connectivity index (χ4v) is 3.12. The van der Waals surface area contributed by atoms with Gasteiger partial charge in [-0.1, -0.05) is 26.0 Å². The van der Waals surface area contributed by atoms with E-state index in [2.05, 4.69) is 10.6 Å². The summed E-state index contributed by atoms with van der Waals surface area (Å²) in [6.07, 6.45) is 2.86. The first-order valence-corrected chi connectivity index (χ1v) is 8.49. The standard InChI is InChI=1S/C21H21FN2O2/c1-21(2)12-16(11-17(25)13-21)23-19-6-4-3-5-18(19)20(26)24-15-9-7-14(22)8-10-15/h3-11,23H,12-13H2,1-2H3,(H,24,26). The summed E-state index contributed by atoms with van der Waals surface area (Å²) < 4.78 is 13.0. The van der Waals surface area contributed by atoms with Crippen molar-refractivity contribution in [2.45, 2.75) is 26.7 Å². The quantitative estimate of drug-likeness (QED) is 0.834. The van der Waals surface area contributed by atoms with E-state index in [1.165, 1.54) is 24.3 Å². The average Bonchev–Trinajstić information content (AvgIpc) is 2.55. The second kappa shape index (κ2) is 7.12. The number of halogens is 1. The molecule has 1 amide bonds. The van der Waals surface area contributed by atoms with Gasteiger partial charge in [0, 0.05) is 23.9 Å². The van der Waals surface area contributed by atoms with Gasteiger partial charge in [-0.25, -0.2) is 4.39 Å². The minimum absolute atomic E-state index is 0.0806. The van der Waals surface area contributed by atoms with Gasteiger partial charge in [-0.2, -0.15) is 0 Å². The molecular weight excluding hydrogens is 331 g/mol. The van der Waals surface area contributed by atoms with E-state index >= 15 is 0 Å². The fraction of sp³-hybridized carbons (Fsp3) is 0.238. The maximum absolute atomic E-state index is 13.0. The minimum atomic E-state index is -0.360. The van der Waals surface area contributed by atoms with Gasteiger partial charge in [-0.05, 0) is 48.2 Å². The zero-order valence-electron chi connectivity index (χ0n) is 14.8. The Labute approximate surface area is 152 Å². The molecular formula is C21H21FN2O2. The Morgan fingerprint density at radius 3 is 2.42 bits per heavy atom. The van der Waals surface area contributed by atoms with Crippen molar-refractivity contribution in [1.82, 2.24) is 0 Å². The van der Waals surface area contributed by atoms with E-state index in [9.17, 15) is 14.0 Å². The van der Waals surface area contributed by atoms with Gasteiger partial charge >= 0.3 is 0 Å². The molecule has 1 aliphatic carbocycles. The van der Waals surface area contributed by atoms with Gasteiger partial charge in [0.05, 0.1) is 11.3 Å². The number of anilines is 2. The number of hydrogen-bond acceptors (Lipinski definition) is 3. The molecule has 0 aromatic heterocycles. The molecule has 5 heteroatoms. The number of allylic oxidation sites excluding steroid dienone is 2. The second-order valence-corrected chi connectivity index (χ2v) is 7.29. The van der Waals surface area contributed by atoms with Crippen LogP contribution >= 0.6 is 0 Å². The van der Waals surface area contributed by atoms with Crippen LogP contribution in [0.2, 0.25) is 0 Å². The lowest BCUT2D eigenvalue weighted by Gasteiger charge is -2.29. The number of carbonyl (C=O) groups excluding carboxylic acids is 2. The summed E-state index contributed by atoms with van der Waals surface area (Å²) in [5.74, 6) is -0.583. The number of amides is 1. The number of carbonyl (C=O) groups is 2. The Morgan fingerprint density at radius 1 is 1.04 bits per heavy atom. The van der Waals surface area contributed by atoms with E-state index in [0.717, 1.165) is 12.1 Å². The normalized spacial score (nSPS) is 16.0. The van der Waals surface area contributed by atoms with E-state index in [-0.39, 0.29) is 22.9 Å². The van der Waals surface area contributed by atoms with Crippen molar-refractivity contribution >= 4 is 23.1 Å². The SMILES string of the molecule is CC1(C)CC(=O)C=C(Nc2ccccc2C(=O)Nc2ccc(F)cc2)C1. The molecule has 2 aromatic rings. The van der Waals surface area contributed by atoms with Gasteiger partial charge in [0.25, 0.3) is 5.91 Å². The third-order valence-electron chi connectivity index (χ3n) is 4.23. The predicted octanol–water partition coefficient (Wildman–Crippen LogP) is 4.76. The van der Waals surface area contributed by atoms with Crippen LogP contribution in [-0.4, -0.2) is 11.7 Å². The highest BCUT2D eigenvalue weighted by molar-refractivity contribution is 6.08. The summed E-state index contributed by atoms with van der Waals surface area (Å²) in [7, 11) is 0. The topological polar surface area (TPSA) is 58.2 Å². The van der Waals surface area contributed by atoms with Gasteiger partial charge in [0.1, 0.15) is 5.82 Å². The third-order valence-corrected chi connectivity index (χ3v) is 4.23. The van der Waals surface area contributed by atoms with Crippen molar-refractivity contribution in [2.24, 2.45) is 5.41 Å². The van der Waals surface area contributed by atoms with E-state index < -0.39 is 0 Å². The van der Waals surface area contributed by atoms with Crippen LogP contribution in [0, 0.1) is 11.2 Å². The molecule has 0 bridgehead atoms. The summed E-state index contributed by atoms with van der Waals surface area (Å²) in [6, 6.07) is 12.7. The van der Waals surface area contributed by atoms with Crippen molar-refractivity contribution in [2.75, 3.05) is 10.6 Å². The lowest BCUT2D eigenvalue weighted by Crippen LogP contribution is -2.25. The van der Waals surface area contributed by atoms with Crippen molar-refractivity contribution in [3.05, 3.63) is 71.7 Å². The van der Waals surface area contributed by atoms with Crippen LogP contribution in [-0.2, 0) is 4.79 Å². The first kappa shape index (κ1) is 17.9. The Bertz CT molecular complexity index is 870. The molecule has 2 aromatic carbocycles.